The third-order valence-electron chi connectivity index (χ3n) is 14.9. The standard InChI is InChI=1S/C66H41BN2O2/c1-3-18-42(19-4-1)46-22-7-11-28-54(46)68-56-30-17-31-57-66(56)67(52-38-36-44(40-58(52)68)48-26-15-34-62-64(48)50-24-9-13-32-60(50)70-62)53-39-37-45(49-27-16-35-63-65(49)51-25-10-14-33-61(51)71-63)41-59(53)69(57)55-29-12-8-23-47(55)43-20-5-2-6-21-43/h1-41H. The Balaban J connectivity index is 1.03. The summed E-state index contributed by atoms with van der Waals surface area (Å²) in [5, 5.41) is 4.48. The summed E-state index contributed by atoms with van der Waals surface area (Å²) < 4.78 is 12.9. The number of rotatable bonds is 6. The fourth-order valence-electron chi connectivity index (χ4n) is 11.9. The molecule has 2 aromatic heterocycles. The summed E-state index contributed by atoms with van der Waals surface area (Å²) in [4.78, 5) is 5.07. The molecule has 0 atom stereocenters. The van der Waals surface area contributed by atoms with Crippen LogP contribution in [0.1, 0.15) is 0 Å². The van der Waals surface area contributed by atoms with Crippen LogP contribution < -0.4 is 26.2 Å². The Labute approximate surface area is 411 Å². The Kier molecular flexibility index (Phi) is 8.72. The van der Waals surface area contributed by atoms with Crippen LogP contribution >= 0.6 is 0 Å². The topological polar surface area (TPSA) is 32.8 Å². The van der Waals surface area contributed by atoms with Crippen molar-refractivity contribution in [2.45, 2.75) is 0 Å². The molecule has 5 heteroatoms. The van der Waals surface area contributed by atoms with E-state index in [2.05, 4.69) is 246 Å². The molecule has 0 saturated carbocycles. The van der Waals surface area contributed by atoms with Gasteiger partial charge in [0.25, 0.3) is 6.71 Å². The zero-order valence-electron chi connectivity index (χ0n) is 38.5. The quantitative estimate of drug-likeness (QED) is 0.156. The van der Waals surface area contributed by atoms with E-state index in [4.69, 9.17) is 8.83 Å². The van der Waals surface area contributed by atoms with Gasteiger partial charge in [0.1, 0.15) is 22.3 Å². The van der Waals surface area contributed by atoms with Gasteiger partial charge in [0.05, 0.1) is 11.4 Å². The number of para-hydroxylation sites is 4. The molecule has 71 heavy (non-hydrogen) atoms. The number of hydrogen-bond acceptors (Lipinski definition) is 4. The van der Waals surface area contributed by atoms with E-state index < -0.39 is 0 Å². The average Bonchev–Trinajstić information content (AvgIpc) is 4.02. The summed E-state index contributed by atoms with van der Waals surface area (Å²) in [6.07, 6.45) is 0. The second kappa shape index (κ2) is 15.6. The molecule has 4 nitrogen and oxygen atoms in total. The van der Waals surface area contributed by atoms with Gasteiger partial charge >= 0.3 is 0 Å². The summed E-state index contributed by atoms with van der Waals surface area (Å²) in [6, 6.07) is 90.3. The molecule has 0 fully saturated rings. The number of anilines is 6. The molecule has 15 rings (SSSR count). The van der Waals surface area contributed by atoms with Crippen LogP contribution in [-0.4, -0.2) is 6.71 Å². The minimum atomic E-state index is -0.0920. The van der Waals surface area contributed by atoms with Gasteiger partial charge in [-0.15, -0.1) is 0 Å². The Hall–Kier alpha value is -9.32. The van der Waals surface area contributed by atoms with E-state index >= 15 is 0 Å². The van der Waals surface area contributed by atoms with E-state index in [-0.39, 0.29) is 6.71 Å². The van der Waals surface area contributed by atoms with Gasteiger partial charge in [0.15, 0.2) is 0 Å². The van der Waals surface area contributed by atoms with Crippen molar-refractivity contribution in [1.29, 1.82) is 0 Å². The summed E-state index contributed by atoms with van der Waals surface area (Å²) in [6.45, 7) is -0.0920. The highest BCUT2D eigenvalue weighted by atomic mass is 16.3. The largest absolute Gasteiger partial charge is 0.456 e. The lowest BCUT2D eigenvalue weighted by molar-refractivity contribution is 0.668. The van der Waals surface area contributed by atoms with Crippen LogP contribution in [0.3, 0.4) is 0 Å². The lowest BCUT2D eigenvalue weighted by Crippen LogP contribution is -2.61. The molecule has 13 aromatic rings. The molecule has 2 aliphatic heterocycles. The summed E-state index contributed by atoms with van der Waals surface area (Å²) in [7, 11) is 0. The molecular formula is C66H41BN2O2. The summed E-state index contributed by atoms with van der Waals surface area (Å²) in [5.74, 6) is 0. The van der Waals surface area contributed by atoms with Gasteiger partial charge in [-0.1, -0.05) is 188 Å². The van der Waals surface area contributed by atoms with Gasteiger partial charge in [-0.2, -0.15) is 0 Å². The molecule has 0 saturated heterocycles. The minimum absolute atomic E-state index is 0.0920. The second-order valence-corrected chi connectivity index (χ2v) is 18.7. The summed E-state index contributed by atoms with van der Waals surface area (Å²) in [5.41, 5.74) is 23.3. The molecule has 0 amide bonds. The van der Waals surface area contributed by atoms with E-state index in [9.17, 15) is 0 Å². The SMILES string of the molecule is c1ccc(-c2ccccc2N2c3cc(-c4cccc5oc6ccccc6c45)ccc3B3c4ccc(-c5cccc6oc7ccccc7c56)cc4N(c4ccccc4-c4ccccc4)c4cccc2c43)cc1. The van der Waals surface area contributed by atoms with E-state index in [0.717, 1.165) is 111 Å². The van der Waals surface area contributed by atoms with Crippen molar-refractivity contribution in [3.63, 3.8) is 0 Å². The first kappa shape index (κ1) is 39.7. The van der Waals surface area contributed by atoms with Crippen LogP contribution in [0, 0.1) is 0 Å². The van der Waals surface area contributed by atoms with Crippen LogP contribution in [0.15, 0.2) is 258 Å². The highest BCUT2D eigenvalue weighted by molar-refractivity contribution is 7.00. The molecular weight excluding hydrogens is 864 g/mol. The molecule has 0 aliphatic carbocycles. The van der Waals surface area contributed by atoms with Gasteiger partial charge in [-0.3, -0.25) is 0 Å². The predicted molar refractivity (Wildman–Crippen MR) is 297 cm³/mol. The van der Waals surface area contributed by atoms with Crippen molar-refractivity contribution in [3.8, 4) is 44.5 Å². The zero-order valence-corrected chi connectivity index (χ0v) is 38.5. The van der Waals surface area contributed by atoms with Crippen molar-refractivity contribution in [1.82, 2.24) is 0 Å². The third kappa shape index (κ3) is 6.00. The maximum Gasteiger partial charge on any atom is 0.252 e. The molecule has 0 N–H and O–H groups in total. The molecule has 4 heterocycles. The van der Waals surface area contributed by atoms with Gasteiger partial charge in [0, 0.05) is 55.4 Å². The van der Waals surface area contributed by atoms with Crippen LogP contribution in [0.5, 0.6) is 0 Å². The predicted octanol–water partition coefficient (Wildman–Crippen LogP) is 16.2. The number of nitrogens with zero attached hydrogens (tertiary/aromatic N) is 2. The smallest absolute Gasteiger partial charge is 0.252 e. The van der Waals surface area contributed by atoms with Crippen LogP contribution in [0.4, 0.5) is 34.1 Å². The minimum Gasteiger partial charge on any atom is -0.456 e. The number of benzene rings is 11. The third-order valence-corrected chi connectivity index (χ3v) is 14.9. The summed E-state index contributed by atoms with van der Waals surface area (Å²) >= 11 is 0. The zero-order chi connectivity index (χ0) is 46.6. The molecule has 11 aromatic carbocycles. The fourth-order valence-corrected chi connectivity index (χ4v) is 11.9. The molecule has 330 valence electrons. The molecule has 0 unspecified atom stereocenters. The van der Waals surface area contributed by atoms with Gasteiger partial charge in [-0.25, -0.2) is 0 Å². The Bertz CT molecular complexity index is 4000. The van der Waals surface area contributed by atoms with E-state index in [1.165, 1.54) is 27.5 Å². The molecule has 0 spiro atoms. The molecule has 0 radical (unpaired) electrons. The average molecular weight is 905 g/mol. The highest BCUT2D eigenvalue weighted by Crippen LogP contribution is 2.50. The van der Waals surface area contributed by atoms with Gasteiger partial charge < -0.3 is 18.6 Å². The molecule has 2 aliphatic rings. The first-order valence-corrected chi connectivity index (χ1v) is 24.4. The first-order chi connectivity index (χ1) is 35.2. The number of hydrogen-bond donors (Lipinski definition) is 0. The van der Waals surface area contributed by atoms with E-state index in [1.54, 1.807) is 0 Å². The highest BCUT2D eigenvalue weighted by Gasteiger charge is 2.44. The van der Waals surface area contributed by atoms with Crippen molar-refractivity contribution in [2.24, 2.45) is 0 Å². The Morgan fingerprint density at radius 3 is 1.14 bits per heavy atom. The first-order valence-electron chi connectivity index (χ1n) is 24.4. The maximum atomic E-state index is 6.47. The number of fused-ring (bicyclic) bond motifs is 10. The fraction of sp³-hybridized carbons (Fsp3) is 0. The lowest BCUT2D eigenvalue weighted by atomic mass is 9.33. The van der Waals surface area contributed by atoms with Crippen molar-refractivity contribution >= 4 is 101 Å². The van der Waals surface area contributed by atoms with Gasteiger partial charge in [0.2, 0.25) is 0 Å². The lowest BCUT2D eigenvalue weighted by Gasteiger charge is -2.45. The van der Waals surface area contributed by atoms with Crippen molar-refractivity contribution < 1.29 is 8.83 Å². The van der Waals surface area contributed by atoms with Crippen LogP contribution in [0.25, 0.3) is 88.4 Å². The Morgan fingerprint density at radius 1 is 0.268 bits per heavy atom. The maximum absolute atomic E-state index is 6.47. The molecule has 0 bridgehead atoms. The normalized spacial score (nSPS) is 12.7. The monoisotopic (exact) mass is 904 g/mol. The Morgan fingerprint density at radius 2 is 0.648 bits per heavy atom. The van der Waals surface area contributed by atoms with Crippen molar-refractivity contribution in [2.75, 3.05) is 9.80 Å². The van der Waals surface area contributed by atoms with Gasteiger partial charge in [-0.05, 0) is 110 Å². The van der Waals surface area contributed by atoms with Crippen LogP contribution in [-0.2, 0) is 0 Å². The van der Waals surface area contributed by atoms with E-state index in [1.807, 2.05) is 12.1 Å². The second-order valence-electron chi connectivity index (χ2n) is 18.7. The van der Waals surface area contributed by atoms with Crippen molar-refractivity contribution in [3.05, 3.63) is 249 Å². The number of furan rings is 2. The van der Waals surface area contributed by atoms with E-state index in [0.29, 0.717) is 0 Å². The van der Waals surface area contributed by atoms with Crippen LogP contribution in [0.2, 0.25) is 0 Å².